The van der Waals surface area contributed by atoms with E-state index in [9.17, 15) is 8.42 Å². The number of rotatable bonds is 6. The van der Waals surface area contributed by atoms with E-state index in [-0.39, 0.29) is 11.5 Å². The van der Waals surface area contributed by atoms with Crippen LogP contribution in [0.15, 0.2) is 29.2 Å². The molecular formula is C11H16ClNO3S. The summed E-state index contributed by atoms with van der Waals surface area (Å²) in [5.74, 6) is 0. The van der Waals surface area contributed by atoms with E-state index in [0.29, 0.717) is 24.5 Å². The molecule has 17 heavy (non-hydrogen) atoms. The summed E-state index contributed by atoms with van der Waals surface area (Å²) in [5.41, 5.74) is 0. The van der Waals surface area contributed by atoms with Crippen LogP contribution >= 0.6 is 11.6 Å². The van der Waals surface area contributed by atoms with Crippen molar-refractivity contribution in [2.45, 2.75) is 18.2 Å². The number of benzene rings is 1. The van der Waals surface area contributed by atoms with Crippen molar-refractivity contribution in [3.05, 3.63) is 29.3 Å². The molecule has 4 nitrogen and oxygen atoms in total. The molecule has 1 rings (SSSR count). The molecule has 0 fully saturated rings. The van der Waals surface area contributed by atoms with Gasteiger partial charge in [0.05, 0.1) is 4.90 Å². The second-order valence-electron chi connectivity index (χ2n) is 3.53. The quantitative estimate of drug-likeness (QED) is 0.862. The number of aliphatic hydroxyl groups is 1. The molecule has 0 aliphatic heterocycles. The molecule has 6 heteroatoms. The maximum atomic E-state index is 12.2. The lowest BCUT2D eigenvalue weighted by atomic mass is 10.4. The predicted octanol–water partition coefficient (Wildman–Crippen LogP) is 1.73. The van der Waals surface area contributed by atoms with E-state index in [2.05, 4.69) is 0 Å². The fraction of sp³-hybridized carbons (Fsp3) is 0.455. The Bertz CT molecular complexity index is 444. The highest BCUT2D eigenvalue weighted by Gasteiger charge is 2.22. The molecule has 96 valence electrons. The van der Waals surface area contributed by atoms with E-state index in [0.717, 1.165) is 0 Å². The molecule has 0 bridgehead atoms. The van der Waals surface area contributed by atoms with E-state index in [4.69, 9.17) is 16.7 Å². The minimum atomic E-state index is -3.48. The van der Waals surface area contributed by atoms with Crippen molar-refractivity contribution in [1.29, 1.82) is 0 Å². The average Bonchev–Trinajstić information content (AvgIpc) is 2.30. The van der Waals surface area contributed by atoms with Gasteiger partial charge in [-0.05, 0) is 30.7 Å². The smallest absolute Gasteiger partial charge is 0.243 e. The fourth-order valence-electron chi connectivity index (χ4n) is 1.45. The predicted molar refractivity (Wildman–Crippen MR) is 67.6 cm³/mol. The van der Waals surface area contributed by atoms with Crippen LogP contribution in [0.1, 0.15) is 13.3 Å². The van der Waals surface area contributed by atoms with Crippen LogP contribution in [0.3, 0.4) is 0 Å². The van der Waals surface area contributed by atoms with Crippen LogP contribution in [0, 0.1) is 0 Å². The van der Waals surface area contributed by atoms with Crippen LogP contribution in [0.25, 0.3) is 0 Å². The summed E-state index contributed by atoms with van der Waals surface area (Å²) in [6.45, 7) is 2.44. The van der Waals surface area contributed by atoms with Gasteiger partial charge in [0.2, 0.25) is 10.0 Å². The largest absolute Gasteiger partial charge is 0.396 e. The Morgan fingerprint density at radius 2 is 1.88 bits per heavy atom. The Morgan fingerprint density at radius 1 is 1.29 bits per heavy atom. The summed E-state index contributed by atoms with van der Waals surface area (Å²) < 4.78 is 25.7. The molecule has 0 heterocycles. The number of hydrogen-bond donors (Lipinski definition) is 1. The Hall–Kier alpha value is -0.620. The highest BCUT2D eigenvalue weighted by atomic mass is 35.5. The van der Waals surface area contributed by atoms with Gasteiger partial charge in [0.15, 0.2) is 0 Å². The second kappa shape index (κ2) is 6.35. The third-order valence-electron chi connectivity index (χ3n) is 2.37. The molecule has 0 saturated heterocycles. The van der Waals surface area contributed by atoms with Gasteiger partial charge in [-0.1, -0.05) is 18.5 Å². The van der Waals surface area contributed by atoms with Crippen LogP contribution in [0.4, 0.5) is 0 Å². The second-order valence-corrected chi connectivity index (χ2v) is 5.90. The maximum Gasteiger partial charge on any atom is 0.243 e. The average molecular weight is 278 g/mol. The zero-order valence-electron chi connectivity index (χ0n) is 9.63. The lowest BCUT2D eigenvalue weighted by Crippen LogP contribution is -2.32. The van der Waals surface area contributed by atoms with Gasteiger partial charge in [-0.3, -0.25) is 0 Å². The molecule has 0 unspecified atom stereocenters. The van der Waals surface area contributed by atoms with Gasteiger partial charge in [-0.15, -0.1) is 0 Å². The van der Waals surface area contributed by atoms with Crippen LogP contribution in [-0.2, 0) is 10.0 Å². The van der Waals surface area contributed by atoms with Crippen molar-refractivity contribution in [3.8, 4) is 0 Å². The molecule has 1 aromatic carbocycles. The molecule has 1 N–H and O–H groups in total. The van der Waals surface area contributed by atoms with Gasteiger partial charge >= 0.3 is 0 Å². The molecule has 0 aliphatic rings. The zero-order chi connectivity index (χ0) is 12.9. The van der Waals surface area contributed by atoms with Crippen molar-refractivity contribution < 1.29 is 13.5 Å². The van der Waals surface area contributed by atoms with Crippen molar-refractivity contribution in [2.75, 3.05) is 19.7 Å². The minimum absolute atomic E-state index is 0.0212. The first-order valence-electron chi connectivity index (χ1n) is 5.39. The normalized spacial score (nSPS) is 12.0. The Labute approximate surface area is 107 Å². The number of aliphatic hydroxyl groups excluding tert-OH is 1. The Kier molecular flexibility index (Phi) is 5.39. The summed E-state index contributed by atoms with van der Waals surface area (Å²) in [4.78, 5) is 0.224. The molecule has 0 aromatic heterocycles. The highest BCUT2D eigenvalue weighted by molar-refractivity contribution is 7.89. The molecule has 0 spiro atoms. The molecular weight excluding hydrogens is 262 g/mol. The van der Waals surface area contributed by atoms with Crippen molar-refractivity contribution in [1.82, 2.24) is 4.31 Å². The van der Waals surface area contributed by atoms with Crippen LogP contribution < -0.4 is 0 Å². The molecule has 0 atom stereocenters. The Balaban J connectivity index is 2.95. The number of nitrogens with zero attached hydrogens (tertiary/aromatic N) is 1. The monoisotopic (exact) mass is 277 g/mol. The van der Waals surface area contributed by atoms with E-state index in [1.807, 2.05) is 0 Å². The van der Waals surface area contributed by atoms with E-state index >= 15 is 0 Å². The fourth-order valence-corrected chi connectivity index (χ4v) is 3.06. The van der Waals surface area contributed by atoms with Gasteiger partial charge in [-0.2, -0.15) is 4.31 Å². The van der Waals surface area contributed by atoms with Gasteiger partial charge in [0.25, 0.3) is 0 Å². The van der Waals surface area contributed by atoms with E-state index in [1.165, 1.54) is 16.4 Å². The van der Waals surface area contributed by atoms with Crippen LogP contribution in [-0.4, -0.2) is 37.5 Å². The maximum absolute atomic E-state index is 12.2. The van der Waals surface area contributed by atoms with Crippen molar-refractivity contribution in [3.63, 3.8) is 0 Å². The van der Waals surface area contributed by atoms with E-state index in [1.54, 1.807) is 19.1 Å². The highest BCUT2D eigenvalue weighted by Crippen LogP contribution is 2.18. The van der Waals surface area contributed by atoms with E-state index < -0.39 is 10.0 Å². The SMILES string of the molecule is CCN(CCCO)S(=O)(=O)c1ccc(Cl)cc1. The number of sulfonamides is 1. The summed E-state index contributed by atoms with van der Waals surface area (Å²) in [5, 5.41) is 9.25. The van der Waals surface area contributed by atoms with Gasteiger partial charge in [-0.25, -0.2) is 8.42 Å². The Morgan fingerprint density at radius 3 is 2.35 bits per heavy atom. The first-order valence-corrected chi connectivity index (χ1v) is 7.20. The van der Waals surface area contributed by atoms with Crippen molar-refractivity contribution >= 4 is 21.6 Å². The summed E-state index contributed by atoms with van der Waals surface area (Å²) in [7, 11) is -3.48. The standard InChI is InChI=1S/C11H16ClNO3S/c1-2-13(8-3-9-14)17(15,16)11-6-4-10(12)5-7-11/h4-7,14H,2-3,8-9H2,1H3. The lowest BCUT2D eigenvalue weighted by molar-refractivity contribution is 0.271. The van der Waals surface area contributed by atoms with Gasteiger partial charge in [0, 0.05) is 24.7 Å². The minimum Gasteiger partial charge on any atom is -0.396 e. The molecule has 0 aliphatic carbocycles. The van der Waals surface area contributed by atoms with Gasteiger partial charge in [0.1, 0.15) is 0 Å². The number of halogens is 1. The zero-order valence-corrected chi connectivity index (χ0v) is 11.2. The van der Waals surface area contributed by atoms with Crippen LogP contribution in [0.2, 0.25) is 5.02 Å². The van der Waals surface area contributed by atoms with Crippen molar-refractivity contribution in [2.24, 2.45) is 0 Å². The first kappa shape index (κ1) is 14.4. The third kappa shape index (κ3) is 3.67. The third-order valence-corrected chi connectivity index (χ3v) is 4.61. The molecule has 0 radical (unpaired) electrons. The summed E-state index contributed by atoms with van der Waals surface area (Å²) in [6.07, 6.45) is 0.431. The molecule has 0 saturated carbocycles. The number of hydrogen-bond acceptors (Lipinski definition) is 3. The first-order chi connectivity index (χ1) is 8.02. The topological polar surface area (TPSA) is 57.6 Å². The summed E-state index contributed by atoms with van der Waals surface area (Å²) in [6, 6.07) is 6.07. The van der Waals surface area contributed by atoms with Gasteiger partial charge < -0.3 is 5.11 Å². The molecule has 1 aromatic rings. The molecule has 0 amide bonds. The summed E-state index contributed by atoms with van der Waals surface area (Å²) >= 11 is 5.72. The lowest BCUT2D eigenvalue weighted by Gasteiger charge is -2.20. The van der Waals surface area contributed by atoms with Crippen LogP contribution in [0.5, 0.6) is 0 Å².